The molecular formula is C54H70N8O6S4. The number of ether oxygens (including phenoxy) is 2. The van der Waals surface area contributed by atoms with Crippen LogP contribution in [0.1, 0.15) is 102 Å². The van der Waals surface area contributed by atoms with Gasteiger partial charge in [-0.25, -0.2) is 0 Å². The first-order chi connectivity index (χ1) is 34.4. The summed E-state index contributed by atoms with van der Waals surface area (Å²) in [7, 11) is 3.67. The van der Waals surface area contributed by atoms with Gasteiger partial charge in [-0.1, -0.05) is 113 Å². The maximum Gasteiger partial charge on any atom is 0.246 e. The molecule has 14 nitrogen and oxygen atoms in total. The van der Waals surface area contributed by atoms with Crippen LogP contribution < -0.4 is 31.9 Å². The summed E-state index contributed by atoms with van der Waals surface area (Å²) in [6.45, 7) is 12.4. The van der Waals surface area contributed by atoms with Crippen molar-refractivity contribution in [3.8, 4) is 23.7 Å². The lowest BCUT2D eigenvalue weighted by Gasteiger charge is -2.35. The Labute approximate surface area is 444 Å². The van der Waals surface area contributed by atoms with E-state index in [1.54, 1.807) is 23.5 Å². The van der Waals surface area contributed by atoms with Gasteiger partial charge in [-0.2, -0.15) is 0 Å². The fourth-order valence-electron chi connectivity index (χ4n) is 11.2. The summed E-state index contributed by atoms with van der Waals surface area (Å²) in [5.41, 5.74) is 3.23. The van der Waals surface area contributed by atoms with E-state index in [2.05, 4.69) is 95.4 Å². The molecule has 0 bridgehead atoms. The van der Waals surface area contributed by atoms with Gasteiger partial charge in [0.15, 0.2) is 0 Å². The molecule has 4 fully saturated rings. The number of benzene rings is 2. The van der Waals surface area contributed by atoms with Crippen LogP contribution in [0.25, 0.3) is 0 Å². The number of nitrogens with zero attached hydrogens (tertiary/aromatic N) is 2. The Morgan fingerprint density at radius 3 is 1.44 bits per heavy atom. The summed E-state index contributed by atoms with van der Waals surface area (Å²) < 4.78 is 12.8. The summed E-state index contributed by atoms with van der Waals surface area (Å²) in [5, 5.41) is 19.3. The number of carbonyl (C=O) groups is 4. The van der Waals surface area contributed by atoms with Crippen LogP contribution in [-0.4, -0.2) is 141 Å². The first-order valence-electron chi connectivity index (χ1n) is 25.2. The SMILES string of the molecule is CN[C@@H](C)C(=S)N[C@H]1CCSC2CC(C)(C)[C@@H](C(=O)N[C@H]3c4ccccc4C[C@H]3OCC#CC#CCO[C@H]3Cc4ccccc4[C@H]3NC(=O)[C@@H]3N4C(=O)[C@H](NC(=S)[C@@H](C)NC)CCSC4CC3(C)C)N2C1=O. The van der Waals surface area contributed by atoms with E-state index in [1.165, 1.54) is 0 Å². The fraction of sp³-hybridized carbons (Fsp3) is 0.593. The standard InChI is InChI=1S/C54H70N8O6S4/c1-31(55-7)49(69)57-37-21-25-71-41-29-53(3,4)45(61(41)51(37)65)47(63)59-43-35-19-13-11-17-33(35)27-39(43)67-23-15-9-10-16-24-68-40-28-34-18-12-14-20-36(34)44(40)60-48(64)46-54(5,6)30-42-62(46)52(66)38(22-26-72-42)58-50(70)32(2)56-8/h11-14,17-20,31-32,37-46,55-56H,21-30H2,1-8H3,(H,57,69)(H,58,70)(H,59,63)(H,60,64)/t31-,32+,37-,38+,39+,40-,41?,42?,43-,44+,45+,46-. The molecule has 18 heteroatoms. The van der Waals surface area contributed by atoms with Crippen molar-refractivity contribution >= 4 is 81.6 Å². The predicted molar refractivity (Wildman–Crippen MR) is 293 cm³/mol. The Balaban J connectivity index is 0.889. The summed E-state index contributed by atoms with van der Waals surface area (Å²) in [5.74, 6) is 12.8. The number of hydrogen-bond acceptors (Lipinski definition) is 12. The Hall–Kier alpha value is -4.24. The van der Waals surface area contributed by atoms with Gasteiger partial charge in [-0.3, -0.25) is 19.2 Å². The van der Waals surface area contributed by atoms with Gasteiger partial charge in [0.1, 0.15) is 37.4 Å². The smallest absolute Gasteiger partial charge is 0.246 e. The van der Waals surface area contributed by atoms with Crippen LogP contribution in [0.4, 0.5) is 0 Å². The topological polar surface area (TPSA) is 165 Å². The molecule has 8 rings (SSSR count). The van der Waals surface area contributed by atoms with Crippen LogP contribution in [0.2, 0.25) is 0 Å². The van der Waals surface area contributed by atoms with Gasteiger partial charge in [0.25, 0.3) is 0 Å². The lowest BCUT2D eigenvalue weighted by molar-refractivity contribution is -0.143. The van der Waals surface area contributed by atoms with Crippen LogP contribution in [0.5, 0.6) is 0 Å². The molecule has 0 aromatic heterocycles. The Morgan fingerprint density at radius 1 is 0.667 bits per heavy atom. The second-order valence-corrected chi connectivity index (χ2v) is 24.6. The first kappa shape index (κ1) is 54.0. The van der Waals surface area contributed by atoms with Crippen molar-refractivity contribution in [2.75, 3.05) is 38.8 Å². The third-order valence-corrected chi connectivity index (χ3v) is 18.8. The number of nitrogens with one attached hydrogen (secondary N) is 6. The van der Waals surface area contributed by atoms with Crippen molar-refractivity contribution in [2.24, 2.45) is 10.8 Å². The highest BCUT2D eigenvalue weighted by molar-refractivity contribution is 8.00. The molecule has 4 amide bonds. The predicted octanol–water partition coefficient (Wildman–Crippen LogP) is 4.56. The lowest BCUT2D eigenvalue weighted by atomic mass is 9.83. The molecule has 2 aliphatic carbocycles. The molecule has 12 atom stereocenters. The minimum atomic E-state index is -0.680. The van der Waals surface area contributed by atoms with Gasteiger partial charge in [-0.05, 0) is 110 Å². The fourth-order valence-corrected chi connectivity index (χ4v) is 14.9. The largest absolute Gasteiger partial charge is 0.367 e. The van der Waals surface area contributed by atoms with Crippen LogP contribution in [-0.2, 0) is 41.5 Å². The van der Waals surface area contributed by atoms with Crippen LogP contribution in [0.3, 0.4) is 0 Å². The molecule has 72 heavy (non-hydrogen) atoms. The number of hydrogen-bond donors (Lipinski definition) is 6. The molecule has 0 radical (unpaired) electrons. The highest BCUT2D eigenvalue weighted by atomic mass is 32.2. The normalized spacial score (nSPS) is 29.6. The highest BCUT2D eigenvalue weighted by Gasteiger charge is 2.57. The molecule has 2 unspecified atom stereocenters. The van der Waals surface area contributed by atoms with Crippen molar-refractivity contribution in [3.05, 3.63) is 70.8 Å². The molecule has 386 valence electrons. The second kappa shape index (κ2) is 23.1. The van der Waals surface area contributed by atoms with E-state index in [1.807, 2.05) is 74.1 Å². The number of thiocarbonyl (C=S) groups is 2. The number of carbonyl (C=O) groups excluding carboxylic acids is 4. The molecule has 4 saturated heterocycles. The van der Waals surface area contributed by atoms with Crippen molar-refractivity contribution in [3.63, 3.8) is 0 Å². The number of thioether (sulfide) groups is 2. The average molecular weight is 1060 g/mol. The zero-order valence-electron chi connectivity index (χ0n) is 42.6. The molecule has 0 spiro atoms. The average Bonchev–Trinajstić information content (AvgIpc) is 3.99. The summed E-state index contributed by atoms with van der Waals surface area (Å²) >= 11 is 14.7. The third-order valence-electron chi connectivity index (χ3n) is 15.3. The maximum atomic E-state index is 14.6. The van der Waals surface area contributed by atoms with E-state index in [9.17, 15) is 19.2 Å². The van der Waals surface area contributed by atoms with Crippen molar-refractivity contribution in [2.45, 2.75) is 151 Å². The van der Waals surface area contributed by atoms with E-state index >= 15 is 0 Å². The Morgan fingerprint density at radius 2 is 1.06 bits per heavy atom. The third kappa shape index (κ3) is 11.5. The molecule has 0 saturated carbocycles. The van der Waals surface area contributed by atoms with Crippen molar-refractivity contribution in [1.29, 1.82) is 0 Å². The highest BCUT2D eigenvalue weighted by Crippen LogP contribution is 2.48. The van der Waals surface area contributed by atoms with Crippen LogP contribution >= 0.6 is 48.0 Å². The van der Waals surface area contributed by atoms with Crippen molar-refractivity contribution in [1.82, 2.24) is 41.7 Å². The van der Waals surface area contributed by atoms with E-state index < -0.39 is 47.1 Å². The summed E-state index contributed by atoms with van der Waals surface area (Å²) in [4.78, 5) is 62.5. The maximum absolute atomic E-state index is 14.6. The van der Waals surface area contributed by atoms with Gasteiger partial charge in [0.2, 0.25) is 23.6 Å². The number of amides is 4. The summed E-state index contributed by atoms with van der Waals surface area (Å²) in [6, 6.07) is 12.6. The summed E-state index contributed by atoms with van der Waals surface area (Å²) in [6.07, 6.45) is 3.09. The Bertz CT molecular complexity index is 2370. The molecule has 2 aromatic carbocycles. The zero-order valence-corrected chi connectivity index (χ0v) is 45.9. The number of rotatable bonds is 14. The molecule has 4 aliphatic heterocycles. The van der Waals surface area contributed by atoms with Gasteiger partial charge in [0.05, 0.1) is 57.1 Å². The lowest BCUT2D eigenvalue weighted by Crippen LogP contribution is -2.58. The number of fused-ring (bicyclic) bond motifs is 4. The van der Waals surface area contributed by atoms with E-state index in [0.717, 1.165) is 33.8 Å². The Kier molecular flexibility index (Phi) is 17.3. The van der Waals surface area contributed by atoms with Crippen LogP contribution in [0.15, 0.2) is 48.5 Å². The monoisotopic (exact) mass is 1050 g/mol. The van der Waals surface area contributed by atoms with Gasteiger partial charge < -0.3 is 51.2 Å². The second-order valence-electron chi connectivity index (χ2n) is 21.1. The minimum absolute atomic E-state index is 0.0929. The molecule has 2 aromatic rings. The quantitative estimate of drug-likeness (QED) is 0.115. The van der Waals surface area contributed by atoms with E-state index in [4.69, 9.17) is 33.9 Å². The van der Waals surface area contributed by atoms with Crippen molar-refractivity contribution < 1.29 is 28.7 Å². The van der Waals surface area contributed by atoms with E-state index in [0.29, 0.717) is 48.5 Å². The molecule has 6 N–H and O–H groups in total. The van der Waals surface area contributed by atoms with Crippen LogP contribution in [0, 0.1) is 34.5 Å². The molecular weight excluding hydrogens is 985 g/mol. The van der Waals surface area contributed by atoms with Gasteiger partial charge in [0, 0.05) is 12.8 Å². The van der Waals surface area contributed by atoms with E-state index in [-0.39, 0.29) is 71.9 Å². The van der Waals surface area contributed by atoms with Gasteiger partial charge >= 0.3 is 0 Å². The first-order valence-corrected chi connectivity index (χ1v) is 28.1. The van der Waals surface area contributed by atoms with Gasteiger partial charge in [-0.15, -0.1) is 23.5 Å². The molecule has 4 heterocycles. The number of likely N-dealkylation sites (N-methyl/N-ethyl adjacent to an activating group) is 2. The minimum Gasteiger partial charge on any atom is -0.367 e. The zero-order chi connectivity index (χ0) is 51.5. The molecule has 6 aliphatic rings.